The van der Waals surface area contributed by atoms with Crippen LogP contribution in [0, 0.1) is 0 Å². The third-order valence-corrected chi connectivity index (χ3v) is 3.10. The van der Waals surface area contributed by atoms with E-state index in [0.717, 1.165) is 17.9 Å². The minimum atomic E-state index is -1.48. The van der Waals surface area contributed by atoms with Crippen molar-refractivity contribution in [3.8, 4) is 0 Å². The third kappa shape index (κ3) is 0.570. The Morgan fingerprint density at radius 2 is 1.83 bits per heavy atom. The first kappa shape index (κ1) is 4.19. The van der Waals surface area contributed by atoms with E-state index in [1.807, 2.05) is 0 Å². The Hall–Kier alpha value is 0.0200. The van der Waals surface area contributed by atoms with Crippen molar-refractivity contribution in [2.45, 2.75) is 6.42 Å². The Kier molecular flexibility index (Phi) is 0.696. The molecule has 0 bridgehead atoms. The summed E-state index contributed by atoms with van der Waals surface area (Å²) in [6, 6.07) is 0. The number of rotatable bonds is 0. The van der Waals surface area contributed by atoms with Gasteiger partial charge in [-0.05, 0) is 21.8 Å². The summed E-state index contributed by atoms with van der Waals surface area (Å²) < 4.78 is 10.5. The fraction of sp³-hybridized carbons (Fsp3) is 0.750. The minimum Gasteiger partial charge on any atom is -0.268 e. The van der Waals surface area contributed by atoms with E-state index in [0.29, 0.717) is 0 Å². The average molecular weight is 104 g/mol. The molecule has 1 heterocycles. The molecule has 1 saturated heterocycles. The molecular weight excluding hydrogens is 96.1 g/mol. The van der Waals surface area contributed by atoms with Gasteiger partial charge >= 0.3 is 0 Å². The van der Waals surface area contributed by atoms with E-state index in [1.165, 1.54) is 0 Å². The second kappa shape index (κ2) is 0.997. The molecule has 0 unspecified atom stereocenters. The van der Waals surface area contributed by atoms with Gasteiger partial charge in [-0.1, -0.05) is 0 Å². The molecule has 0 atom stereocenters. The van der Waals surface area contributed by atoms with E-state index >= 15 is 0 Å². The molecule has 0 aromatic heterocycles. The molecule has 1 fully saturated rings. The molecule has 0 spiro atoms. The maximum atomic E-state index is 10.5. The normalized spacial score (nSPS) is 28.7. The van der Waals surface area contributed by atoms with Crippen molar-refractivity contribution in [2.24, 2.45) is 0 Å². The first-order valence-corrected chi connectivity index (χ1v) is 4.10. The summed E-state index contributed by atoms with van der Waals surface area (Å²) in [6.07, 6.45) is 1.13. The first-order valence-electron chi connectivity index (χ1n) is 2.03. The number of hydrogen-bond donors (Lipinski definition) is 0. The average Bonchev–Trinajstić information content (AvgIpc) is 1.32. The lowest BCUT2D eigenvalue weighted by molar-refractivity contribution is 0.668. The van der Waals surface area contributed by atoms with Gasteiger partial charge < -0.3 is 0 Å². The first-order chi connectivity index (χ1) is 2.71. The van der Waals surface area contributed by atoms with Crippen molar-refractivity contribution in [3.05, 3.63) is 0 Å². The van der Waals surface area contributed by atoms with E-state index in [2.05, 4.69) is 5.87 Å². The van der Waals surface area contributed by atoms with Crippen LogP contribution in [-0.4, -0.2) is 21.6 Å². The summed E-state index contributed by atoms with van der Waals surface area (Å²) in [7, 11) is -1.48. The largest absolute Gasteiger partial charge is 0.268 e. The van der Waals surface area contributed by atoms with E-state index in [-0.39, 0.29) is 0 Å². The summed E-state index contributed by atoms with van der Waals surface area (Å²) in [5, 5.41) is 0. The van der Waals surface area contributed by atoms with Crippen molar-refractivity contribution < 1.29 is 4.21 Å². The molecule has 0 aliphatic carbocycles. The van der Waals surface area contributed by atoms with E-state index < -0.39 is 9.52 Å². The van der Waals surface area contributed by atoms with Crippen LogP contribution in [0.5, 0.6) is 0 Å². The van der Waals surface area contributed by atoms with Gasteiger partial charge in [0.05, 0.1) is 0 Å². The molecule has 1 aliphatic rings. The Morgan fingerprint density at radius 3 is 1.83 bits per heavy atom. The molecule has 0 radical (unpaired) electrons. The Labute approximate surface area is 38.4 Å². The zero-order valence-corrected chi connectivity index (χ0v) is 4.46. The zero-order valence-electron chi connectivity index (χ0n) is 3.64. The van der Waals surface area contributed by atoms with Crippen molar-refractivity contribution in [1.82, 2.24) is 0 Å². The SMILES string of the molecule is C=S1(=O)CCC1. The van der Waals surface area contributed by atoms with Crippen LogP contribution in [0.2, 0.25) is 0 Å². The lowest BCUT2D eigenvalue weighted by Crippen LogP contribution is -2.22. The van der Waals surface area contributed by atoms with Crippen molar-refractivity contribution >= 4 is 15.4 Å². The molecule has 0 aromatic carbocycles. The minimum absolute atomic E-state index is 0.868. The maximum Gasteiger partial charge on any atom is 0.0167 e. The molecule has 6 heavy (non-hydrogen) atoms. The van der Waals surface area contributed by atoms with Crippen LogP contribution in [0.1, 0.15) is 6.42 Å². The smallest absolute Gasteiger partial charge is 0.0167 e. The van der Waals surface area contributed by atoms with Gasteiger partial charge in [0.1, 0.15) is 0 Å². The van der Waals surface area contributed by atoms with Gasteiger partial charge in [0, 0.05) is 11.5 Å². The maximum absolute atomic E-state index is 10.5. The van der Waals surface area contributed by atoms with Crippen LogP contribution in [-0.2, 0) is 9.52 Å². The van der Waals surface area contributed by atoms with Crippen molar-refractivity contribution in [1.29, 1.82) is 0 Å². The molecule has 36 valence electrons. The molecule has 0 amide bonds. The van der Waals surface area contributed by atoms with Gasteiger partial charge in [-0.2, -0.15) is 0 Å². The Morgan fingerprint density at radius 1 is 1.50 bits per heavy atom. The molecule has 0 N–H and O–H groups in total. The highest BCUT2D eigenvalue weighted by Gasteiger charge is 2.12. The summed E-state index contributed by atoms with van der Waals surface area (Å²) in [4.78, 5) is 0. The fourth-order valence-corrected chi connectivity index (χ4v) is 1.40. The van der Waals surface area contributed by atoms with Gasteiger partial charge in [0.2, 0.25) is 0 Å². The van der Waals surface area contributed by atoms with Gasteiger partial charge in [-0.25, -0.2) is 0 Å². The Bertz CT molecular complexity index is 122. The second-order valence-electron chi connectivity index (χ2n) is 1.73. The van der Waals surface area contributed by atoms with Crippen LogP contribution in [0.3, 0.4) is 0 Å². The zero-order chi connectivity index (χ0) is 4.62. The van der Waals surface area contributed by atoms with E-state index in [1.54, 1.807) is 0 Å². The summed E-state index contributed by atoms with van der Waals surface area (Å²) in [6.45, 7) is 0. The predicted molar refractivity (Wildman–Crippen MR) is 29.6 cm³/mol. The van der Waals surface area contributed by atoms with Crippen LogP contribution in [0.25, 0.3) is 0 Å². The molecular formula is C4H8OS. The highest BCUT2D eigenvalue weighted by Crippen LogP contribution is 2.06. The third-order valence-electron chi connectivity index (χ3n) is 1.03. The quantitative estimate of drug-likeness (QED) is 0.398. The van der Waals surface area contributed by atoms with Crippen molar-refractivity contribution in [3.63, 3.8) is 0 Å². The van der Waals surface area contributed by atoms with Gasteiger partial charge in [-0.15, -0.1) is 0 Å². The van der Waals surface area contributed by atoms with Crippen LogP contribution in [0.4, 0.5) is 0 Å². The van der Waals surface area contributed by atoms with Gasteiger partial charge in [0.15, 0.2) is 0 Å². The summed E-state index contributed by atoms with van der Waals surface area (Å²) in [5.41, 5.74) is 0. The van der Waals surface area contributed by atoms with Gasteiger partial charge in [0.25, 0.3) is 0 Å². The van der Waals surface area contributed by atoms with Crippen LogP contribution in [0.15, 0.2) is 0 Å². The second-order valence-corrected chi connectivity index (χ2v) is 4.48. The molecule has 0 saturated carbocycles. The van der Waals surface area contributed by atoms with E-state index in [9.17, 15) is 4.21 Å². The number of hydrogen-bond acceptors (Lipinski definition) is 1. The highest BCUT2D eigenvalue weighted by molar-refractivity contribution is 8.01. The Balaban J connectivity index is 2.78. The predicted octanol–water partition coefficient (Wildman–Crippen LogP) is 0.106. The molecule has 0 aromatic rings. The molecule has 1 nitrogen and oxygen atoms in total. The van der Waals surface area contributed by atoms with Gasteiger partial charge in [-0.3, -0.25) is 4.21 Å². The van der Waals surface area contributed by atoms with Crippen LogP contribution < -0.4 is 0 Å². The fourth-order valence-electron chi connectivity index (χ4n) is 0.466. The summed E-state index contributed by atoms with van der Waals surface area (Å²) >= 11 is 0. The highest BCUT2D eigenvalue weighted by atomic mass is 32.2. The molecule has 1 rings (SSSR count). The molecule has 2 heteroatoms. The van der Waals surface area contributed by atoms with Crippen molar-refractivity contribution in [2.75, 3.05) is 11.5 Å². The lowest BCUT2D eigenvalue weighted by atomic mass is 10.5. The standard InChI is InChI=1S/C4H8OS/c1-6(5)3-2-4-6/h1-4H2. The topological polar surface area (TPSA) is 17.1 Å². The van der Waals surface area contributed by atoms with E-state index in [4.69, 9.17) is 0 Å². The monoisotopic (exact) mass is 104 g/mol. The summed E-state index contributed by atoms with van der Waals surface area (Å²) in [5.74, 6) is 5.24. The van der Waals surface area contributed by atoms with Crippen LogP contribution >= 0.6 is 0 Å². The lowest BCUT2D eigenvalue weighted by Gasteiger charge is -2.16. The molecule has 1 aliphatic heterocycles.